The van der Waals surface area contributed by atoms with Crippen molar-refractivity contribution in [3.8, 4) is 0 Å². The Kier molecular flexibility index (Phi) is 3.57. The molecule has 2 aromatic rings. The van der Waals surface area contributed by atoms with E-state index < -0.39 is 0 Å². The molecule has 2 aliphatic rings. The largest absolute Gasteiger partial charge is 0.353 e. The summed E-state index contributed by atoms with van der Waals surface area (Å²) >= 11 is 0. The first-order chi connectivity index (χ1) is 10.7. The second kappa shape index (κ2) is 5.58. The highest BCUT2D eigenvalue weighted by Gasteiger charge is 2.32. The maximum absolute atomic E-state index is 4.71. The molecule has 22 heavy (non-hydrogen) atoms. The summed E-state index contributed by atoms with van der Waals surface area (Å²) in [6.45, 7) is 5.65. The van der Waals surface area contributed by atoms with Crippen molar-refractivity contribution in [1.29, 1.82) is 0 Å². The van der Waals surface area contributed by atoms with Gasteiger partial charge in [0.05, 0.1) is 0 Å². The standard InChI is InChI=1S/C18H26N4/c1-14-11-19-18(15-7-8-15)22(14)17-6-4-10-21(13-17)12-16-5-3-9-20(16)2/h3,5,9,11,15,17H,4,6-8,10,12-13H2,1-2H3. The Bertz CT molecular complexity index is 650. The molecule has 4 nitrogen and oxygen atoms in total. The Morgan fingerprint density at radius 3 is 2.86 bits per heavy atom. The van der Waals surface area contributed by atoms with Crippen LogP contribution in [0.5, 0.6) is 0 Å². The van der Waals surface area contributed by atoms with Crippen molar-refractivity contribution < 1.29 is 0 Å². The van der Waals surface area contributed by atoms with Crippen molar-refractivity contribution in [3.05, 3.63) is 41.7 Å². The fourth-order valence-corrected chi connectivity index (χ4v) is 3.86. The minimum atomic E-state index is 0.604. The van der Waals surface area contributed by atoms with Gasteiger partial charge in [0.15, 0.2) is 0 Å². The Hall–Kier alpha value is -1.55. The van der Waals surface area contributed by atoms with E-state index in [9.17, 15) is 0 Å². The highest BCUT2D eigenvalue weighted by Crippen LogP contribution is 2.41. The molecule has 4 rings (SSSR count). The molecule has 4 heteroatoms. The summed E-state index contributed by atoms with van der Waals surface area (Å²) in [6, 6.07) is 4.98. The van der Waals surface area contributed by atoms with E-state index in [-0.39, 0.29) is 0 Å². The maximum Gasteiger partial charge on any atom is 0.112 e. The SMILES string of the molecule is Cc1cnc(C2CC2)n1C1CCCN(Cc2cccn2C)C1. The van der Waals surface area contributed by atoms with Gasteiger partial charge in [-0.25, -0.2) is 4.98 Å². The molecule has 1 atom stereocenters. The van der Waals surface area contributed by atoms with E-state index in [4.69, 9.17) is 4.98 Å². The average molecular weight is 298 g/mol. The van der Waals surface area contributed by atoms with Gasteiger partial charge >= 0.3 is 0 Å². The topological polar surface area (TPSA) is 26.0 Å². The van der Waals surface area contributed by atoms with Gasteiger partial charge in [0.2, 0.25) is 0 Å². The number of aromatic nitrogens is 3. The maximum atomic E-state index is 4.71. The summed E-state index contributed by atoms with van der Waals surface area (Å²) in [5, 5.41) is 0. The summed E-state index contributed by atoms with van der Waals surface area (Å²) in [7, 11) is 2.14. The van der Waals surface area contributed by atoms with Crippen molar-refractivity contribution in [2.45, 2.75) is 51.1 Å². The van der Waals surface area contributed by atoms with E-state index in [1.54, 1.807) is 0 Å². The van der Waals surface area contributed by atoms with Crippen LogP contribution in [0.3, 0.4) is 0 Å². The van der Waals surface area contributed by atoms with E-state index in [0.29, 0.717) is 6.04 Å². The predicted molar refractivity (Wildman–Crippen MR) is 87.9 cm³/mol. The van der Waals surface area contributed by atoms with Gasteiger partial charge in [-0.2, -0.15) is 0 Å². The zero-order valence-electron chi connectivity index (χ0n) is 13.7. The minimum Gasteiger partial charge on any atom is -0.353 e. The lowest BCUT2D eigenvalue weighted by Crippen LogP contribution is -2.37. The Morgan fingerprint density at radius 1 is 1.27 bits per heavy atom. The number of imidazole rings is 1. The molecular weight excluding hydrogens is 272 g/mol. The lowest BCUT2D eigenvalue weighted by molar-refractivity contribution is 0.164. The zero-order valence-corrected chi connectivity index (χ0v) is 13.7. The van der Waals surface area contributed by atoms with Gasteiger partial charge in [-0.3, -0.25) is 4.90 Å². The quantitative estimate of drug-likeness (QED) is 0.866. The molecule has 1 aliphatic carbocycles. The van der Waals surface area contributed by atoms with Gasteiger partial charge < -0.3 is 9.13 Å². The van der Waals surface area contributed by atoms with Crippen molar-refractivity contribution in [2.24, 2.45) is 7.05 Å². The molecule has 2 aromatic heterocycles. The predicted octanol–water partition coefficient (Wildman–Crippen LogP) is 3.24. The summed E-state index contributed by atoms with van der Waals surface area (Å²) < 4.78 is 4.79. The first kappa shape index (κ1) is 14.1. The lowest BCUT2D eigenvalue weighted by Gasteiger charge is -2.34. The monoisotopic (exact) mass is 298 g/mol. The third kappa shape index (κ3) is 2.60. The lowest BCUT2D eigenvalue weighted by atomic mass is 10.0. The van der Waals surface area contributed by atoms with E-state index in [1.807, 2.05) is 0 Å². The minimum absolute atomic E-state index is 0.604. The van der Waals surface area contributed by atoms with Gasteiger partial charge in [-0.1, -0.05) is 0 Å². The molecule has 1 saturated carbocycles. The van der Waals surface area contributed by atoms with Crippen LogP contribution in [0.15, 0.2) is 24.5 Å². The fraction of sp³-hybridized carbons (Fsp3) is 0.611. The number of aryl methyl sites for hydroxylation is 2. The molecule has 118 valence electrons. The average Bonchev–Trinajstić information content (AvgIpc) is 3.18. The smallest absolute Gasteiger partial charge is 0.112 e. The van der Waals surface area contributed by atoms with Crippen LogP contribution in [-0.2, 0) is 13.6 Å². The van der Waals surface area contributed by atoms with E-state index >= 15 is 0 Å². The first-order valence-electron chi connectivity index (χ1n) is 8.58. The van der Waals surface area contributed by atoms with Crippen molar-refractivity contribution in [2.75, 3.05) is 13.1 Å². The molecule has 0 aromatic carbocycles. The van der Waals surface area contributed by atoms with Crippen LogP contribution in [0.25, 0.3) is 0 Å². The van der Waals surface area contributed by atoms with Crippen LogP contribution < -0.4 is 0 Å². The van der Waals surface area contributed by atoms with Crippen molar-refractivity contribution >= 4 is 0 Å². The van der Waals surface area contributed by atoms with Gasteiger partial charge in [0.1, 0.15) is 5.82 Å². The molecule has 0 radical (unpaired) electrons. The third-order valence-corrected chi connectivity index (χ3v) is 5.24. The second-order valence-electron chi connectivity index (χ2n) is 7.04. The number of piperidine rings is 1. The summed E-state index contributed by atoms with van der Waals surface area (Å²) in [5.41, 5.74) is 2.75. The Balaban J connectivity index is 1.51. The molecule has 0 bridgehead atoms. The number of hydrogen-bond donors (Lipinski definition) is 0. The first-order valence-corrected chi connectivity index (χ1v) is 8.58. The molecule has 1 aliphatic heterocycles. The molecular formula is C18H26N4. The molecule has 0 N–H and O–H groups in total. The van der Waals surface area contributed by atoms with Crippen LogP contribution in [-0.4, -0.2) is 32.1 Å². The highest BCUT2D eigenvalue weighted by molar-refractivity contribution is 5.15. The van der Waals surface area contributed by atoms with E-state index in [2.05, 4.69) is 52.5 Å². The number of nitrogens with zero attached hydrogens (tertiary/aromatic N) is 4. The molecule has 0 spiro atoms. The molecule has 1 unspecified atom stereocenters. The molecule has 1 saturated heterocycles. The van der Waals surface area contributed by atoms with Crippen LogP contribution in [0, 0.1) is 6.92 Å². The summed E-state index contributed by atoms with van der Waals surface area (Å²) in [5.74, 6) is 2.08. The van der Waals surface area contributed by atoms with Crippen LogP contribution in [0.4, 0.5) is 0 Å². The fourth-order valence-electron chi connectivity index (χ4n) is 3.86. The van der Waals surface area contributed by atoms with E-state index in [0.717, 1.165) is 19.0 Å². The van der Waals surface area contributed by atoms with Gasteiger partial charge in [-0.05, 0) is 51.3 Å². The molecule has 3 heterocycles. The van der Waals surface area contributed by atoms with Crippen molar-refractivity contribution in [1.82, 2.24) is 19.0 Å². The molecule has 0 amide bonds. The summed E-state index contributed by atoms with van der Waals surface area (Å²) in [4.78, 5) is 7.32. The van der Waals surface area contributed by atoms with Gasteiger partial charge in [0, 0.05) is 55.9 Å². The number of rotatable bonds is 4. The zero-order chi connectivity index (χ0) is 15.1. The normalized spacial score (nSPS) is 23.1. The van der Waals surface area contributed by atoms with Gasteiger partial charge in [-0.15, -0.1) is 0 Å². The van der Waals surface area contributed by atoms with Gasteiger partial charge in [0.25, 0.3) is 0 Å². The van der Waals surface area contributed by atoms with Crippen LogP contribution in [0.2, 0.25) is 0 Å². The molecule has 2 fully saturated rings. The number of hydrogen-bond acceptors (Lipinski definition) is 2. The highest BCUT2D eigenvalue weighted by atomic mass is 15.2. The Morgan fingerprint density at radius 2 is 2.14 bits per heavy atom. The van der Waals surface area contributed by atoms with Crippen molar-refractivity contribution in [3.63, 3.8) is 0 Å². The number of likely N-dealkylation sites (tertiary alicyclic amines) is 1. The van der Waals surface area contributed by atoms with E-state index in [1.165, 1.54) is 49.4 Å². The second-order valence-corrected chi connectivity index (χ2v) is 7.04. The van der Waals surface area contributed by atoms with Crippen LogP contribution >= 0.6 is 0 Å². The third-order valence-electron chi connectivity index (χ3n) is 5.24. The summed E-state index contributed by atoms with van der Waals surface area (Å²) in [6.07, 6.45) is 9.45. The van der Waals surface area contributed by atoms with Crippen LogP contribution in [0.1, 0.15) is 54.9 Å². The Labute approximate surface area is 132 Å².